The molecule has 1 aromatic rings. The molecule has 6 heteroatoms. The summed E-state index contributed by atoms with van der Waals surface area (Å²) in [5.41, 5.74) is 0.728. The molecule has 1 N–H and O–H groups in total. The largest absolute Gasteiger partial charge is 0.274 e. The monoisotopic (exact) mass is 254 g/mol. The fourth-order valence-electron chi connectivity index (χ4n) is 1.57. The van der Waals surface area contributed by atoms with Gasteiger partial charge in [-0.25, -0.2) is 13.1 Å². The van der Waals surface area contributed by atoms with E-state index in [4.69, 9.17) is 0 Å². The Morgan fingerprint density at radius 1 is 1.47 bits per heavy atom. The maximum atomic E-state index is 11.8. The highest BCUT2D eigenvalue weighted by Gasteiger charge is 2.40. The van der Waals surface area contributed by atoms with Gasteiger partial charge in [0.05, 0.1) is 0 Å². The topological polar surface area (TPSA) is 76.1 Å². The number of hydrogen-bond acceptors (Lipinski definition) is 4. The fourth-order valence-corrected chi connectivity index (χ4v) is 2.54. The highest BCUT2D eigenvalue weighted by atomic mass is 32.2. The molecular formula is C11H14N2O3S. The van der Waals surface area contributed by atoms with Crippen molar-refractivity contribution in [2.75, 3.05) is 0 Å². The number of aryl methyl sites for hydroxylation is 1. The van der Waals surface area contributed by atoms with Crippen LogP contribution in [-0.2, 0) is 14.8 Å². The molecule has 1 saturated carbocycles. The first-order valence-electron chi connectivity index (χ1n) is 5.39. The van der Waals surface area contributed by atoms with Gasteiger partial charge in [0.15, 0.2) is 0 Å². The minimum Gasteiger partial charge on any atom is -0.274 e. The molecule has 1 aliphatic rings. The van der Waals surface area contributed by atoms with Crippen molar-refractivity contribution in [2.45, 2.75) is 25.2 Å². The Bertz CT molecular complexity index is 536. The van der Waals surface area contributed by atoms with E-state index in [1.165, 1.54) is 12.3 Å². The molecule has 1 amide bonds. The number of carbonyl (C=O) groups excluding carboxylic acids is 1. The normalized spacial score (nSPS) is 23.2. The fraction of sp³-hybridized carbons (Fsp3) is 0.455. The van der Waals surface area contributed by atoms with E-state index in [2.05, 4.69) is 9.71 Å². The molecule has 5 nitrogen and oxygen atoms in total. The third-order valence-electron chi connectivity index (χ3n) is 2.88. The van der Waals surface area contributed by atoms with Crippen molar-refractivity contribution >= 4 is 15.9 Å². The predicted octanol–water partition coefficient (Wildman–Crippen LogP) is 0.851. The Hall–Kier alpha value is -1.43. The molecule has 1 fully saturated rings. The van der Waals surface area contributed by atoms with Crippen LogP contribution in [0.15, 0.2) is 23.2 Å². The van der Waals surface area contributed by atoms with Gasteiger partial charge in [0.25, 0.3) is 10.0 Å². The molecule has 0 unspecified atom stereocenters. The summed E-state index contributed by atoms with van der Waals surface area (Å²) < 4.78 is 25.7. The number of pyridine rings is 1. The van der Waals surface area contributed by atoms with Gasteiger partial charge in [0.2, 0.25) is 5.91 Å². The van der Waals surface area contributed by atoms with Crippen LogP contribution in [-0.4, -0.2) is 19.3 Å². The minimum atomic E-state index is -3.77. The lowest BCUT2D eigenvalue weighted by Gasteiger charge is -2.06. The van der Waals surface area contributed by atoms with Gasteiger partial charge in [-0.05, 0) is 31.4 Å². The molecule has 0 aliphatic heterocycles. The minimum absolute atomic E-state index is 0.0183. The number of rotatable bonds is 3. The SMILES string of the molecule is Cc1ccc(S(=O)(=O)NC(=O)[C@H]2C[C@H]2C)cn1. The summed E-state index contributed by atoms with van der Waals surface area (Å²) in [7, 11) is -3.77. The van der Waals surface area contributed by atoms with Gasteiger partial charge in [-0.1, -0.05) is 6.92 Å². The second kappa shape index (κ2) is 4.10. The average Bonchev–Trinajstić information content (AvgIpc) is 2.95. The number of aromatic nitrogens is 1. The molecular weight excluding hydrogens is 240 g/mol. The molecule has 2 atom stereocenters. The molecule has 0 aromatic carbocycles. The Labute approximate surface area is 100 Å². The van der Waals surface area contributed by atoms with Gasteiger partial charge in [-0.3, -0.25) is 9.78 Å². The van der Waals surface area contributed by atoms with Crippen molar-refractivity contribution in [3.05, 3.63) is 24.0 Å². The van der Waals surface area contributed by atoms with E-state index in [-0.39, 0.29) is 16.7 Å². The lowest BCUT2D eigenvalue weighted by Crippen LogP contribution is -2.32. The molecule has 0 spiro atoms. The second-order valence-corrected chi connectivity index (χ2v) is 6.11. The van der Waals surface area contributed by atoms with Crippen molar-refractivity contribution in [1.82, 2.24) is 9.71 Å². The highest BCUT2D eigenvalue weighted by molar-refractivity contribution is 7.90. The Balaban J connectivity index is 2.13. The first kappa shape index (κ1) is 12.0. The van der Waals surface area contributed by atoms with Crippen LogP contribution in [0.2, 0.25) is 0 Å². The third kappa shape index (κ3) is 2.63. The van der Waals surface area contributed by atoms with E-state index in [9.17, 15) is 13.2 Å². The summed E-state index contributed by atoms with van der Waals surface area (Å²) in [6, 6.07) is 3.03. The summed E-state index contributed by atoms with van der Waals surface area (Å²) in [6.45, 7) is 3.69. The van der Waals surface area contributed by atoms with E-state index < -0.39 is 15.9 Å². The first-order chi connectivity index (χ1) is 7.90. The molecule has 1 aliphatic carbocycles. The number of nitrogens with zero attached hydrogens (tertiary/aromatic N) is 1. The number of hydrogen-bond donors (Lipinski definition) is 1. The molecule has 92 valence electrons. The first-order valence-corrected chi connectivity index (χ1v) is 6.88. The maximum absolute atomic E-state index is 11.8. The Kier molecular flexibility index (Phi) is 2.91. The van der Waals surface area contributed by atoms with Crippen LogP contribution in [0.1, 0.15) is 19.0 Å². The van der Waals surface area contributed by atoms with Crippen LogP contribution in [0.25, 0.3) is 0 Å². The van der Waals surface area contributed by atoms with E-state index in [1.807, 2.05) is 6.92 Å². The predicted molar refractivity (Wildman–Crippen MR) is 61.6 cm³/mol. The van der Waals surface area contributed by atoms with Gasteiger partial charge >= 0.3 is 0 Å². The van der Waals surface area contributed by atoms with Crippen molar-refractivity contribution in [3.63, 3.8) is 0 Å². The van der Waals surface area contributed by atoms with Crippen LogP contribution in [0.4, 0.5) is 0 Å². The highest BCUT2D eigenvalue weighted by Crippen LogP contribution is 2.37. The third-order valence-corrected chi connectivity index (χ3v) is 4.21. The zero-order valence-corrected chi connectivity index (χ0v) is 10.5. The van der Waals surface area contributed by atoms with Gasteiger partial charge < -0.3 is 0 Å². The zero-order chi connectivity index (χ0) is 12.6. The Morgan fingerprint density at radius 3 is 2.59 bits per heavy atom. The lowest BCUT2D eigenvalue weighted by molar-refractivity contribution is -0.120. The van der Waals surface area contributed by atoms with Crippen molar-refractivity contribution < 1.29 is 13.2 Å². The van der Waals surface area contributed by atoms with Gasteiger partial charge in [-0.15, -0.1) is 0 Å². The molecule has 2 rings (SSSR count). The summed E-state index contributed by atoms with van der Waals surface area (Å²) >= 11 is 0. The smallest absolute Gasteiger partial charge is 0.265 e. The number of nitrogens with one attached hydrogen (secondary N) is 1. The standard InChI is InChI=1S/C11H14N2O3S/c1-7-5-10(7)11(14)13-17(15,16)9-4-3-8(2)12-6-9/h3-4,6-7,10H,5H2,1-2H3,(H,13,14)/t7-,10+/m1/s1. The second-order valence-electron chi connectivity index (χ2n) is 4.42. The van der Waals surface area contributed by atoms with E-state index >= 15 is 0 Å². The van der Waals surface area contributed by atoms with Crippen LogP contribution in [0, 0.1) is 18.8 Å². The van der Waals surface area contributed by atoms with Gasteiger partial charge in [0, 0.05) is 17.8 Å². The van der Waals surface area contributed by atoms with Crippen LogP contribution >= 0.6 is 0 Å². The number of carbonyl (C=O) groups is 1. The average molecular weight is 254 g/mol. The summed E-state index contributed by atoms with van der Waals surface area (Å²) in [6.07, 6.45) is 2.01. The van der Waals surface area contributed by atoms with Crippen LogP contribution in [0.5, 0.6) is 0 Å². The van der Waals surface area contributed by atoms with Crippen LogP contribution in [0.3, 0.4) is 0 Å². The summed E-state index contributed by atoms with van der Waals surface area (Å²) in [5, 5.41) is 0. The van der Waals surface area contributed by atoms with E-state index in [1.54, 1.807) is 13.0 Å². The molecule has 0 saturated heterocycles. The summed E-state index contributed by atoms with van der Waals surface area (Å²) in [5.74, 6) is -0.303. The lowest BCUT2D eigenvalue weighted by atomic mass is 10.3. The number of amides is 1. The van der Waals surface area contributed by atoms with Crippen molar-refractivity contribution in [3.8, 4) is 0 Å². The zero-order valence-electron chi connectivity index (χ0n) is 9.67. The molecule has 17 heavy (non-hydrogen) atoms. The number of sulfonamides is 1. The Morgan fingerprint density at radius 2 is 2.12 bits per heavy atom. The molecule has 1 heterocycles. The molecule has 1 aromatic heterocycles. The van der Waals surface area contributed by atoms with Crippen molar-refractivity contribution in [2.24, 2.45) is 11.8 Å². The van der Waals surface area contributed by atoms with Crippen LogP contribution < -0.4 is 4.72 Å². The van der Waals surface area contributed by atoms with E-state index in [0.717, 1.165) is 12.1 Å². The van der Waals surface area contributed by atoms with Crippen molar-refractivity contribution in [1.29, 1.82) is 0 Å². The molecule has 0 bridgehead atoms. The van der Waals surface area contributed by atoms with Gasteiger partial charge in [0.1, 0.15) is 4.90 Å². The van der Waals surface area contributed by atoms with Gasteiger partial charge in [-0.2, -0.15) is 0 Å². The quantitative estimate of drug-likeness (QED) is 0.867. The summed E-state index contributed by atoms with van der Waals surface area (Å²) in [4.78, 5) is 15.5. The van der Waals surface area contributed by atoms with E-state index in [0.29, 0.717) is 0 Å². The molecule has 0 radical (unpaired) electrons. The maximum Gasteiger partial charge on any atom is 0.265 e.